The van der Waals surface area contributed by atoms with Crippen LogP contribution in [-0.2, 0) is 10.0 Å². The number of amides is 1. The van der Waals surface area contributed by atoms with Crippen molar-refractivity contribution in [3.05, 3.63) is 96.3 Å². The quantitative estimate of drug-likeness (QED) is 0.465. The molecule has 3 N–H and O–H groups in total. The van der Waals surface area contributed by atoms with Gasteiger partial charge in [0.1, 0.15) is 11.6 Å². The molecule has 7 nitrogen and oxygen atoms in total. The molecule has 9 heteroatoms. The predicted octanol–water partition coefficient (Wildman–Crippen LogP) is 3.54. The number of halogens is 1. The van der Waals surface area contributed by atoms with Gasteiger partial charge in [0.15, 0.2) is 0 Å². The highest BCUT2D eigenvalue weighted by Gasteiger charge is 2.17. The number of anilines is 1. The molecule has 0 aliphatic carbocycles. The van der Waals surface area contributed by atoms with Gasteiger partial charge in [-0.15, -0.1) is 0 Å². The van der Waals surface area contributed by atoms with Crippen molar-refractivity contribution in [2.45, 2.75) is 4.90 Å². The van der Waals surface area contributed by atoms with Gasteiger partial charge in [0.25, 0.3) is 15.9 Å². The first-order valence-corrected chi connectivity index (χ1v) is 10.5. The molecule has 0 saturated carbocycles. The van der Waals surface area contributed by atoms with Gasteiger partial charge in [-0.25, -0.2) is 12.8 Å². The minimum Gasteiger partial charge on any atom is -0.497 e. The topological polar surface area (TPSA) is 96.5 Å². The standard InChI is InChI=1S/C22H20FN3O4S/c1-15(16-6-8-18(23)9-7-16)24-25-22(27)17-4-3-5-21(14-17)31(28,29)26-19-10-12-20(30-2)13-11-19/h3-14,24,26H,1H2,2H3,(H,25,27). The molecule has 3 rings (SSSR count). The molecule has 0 heterocycles. The molecule has 160 valence electrons. The first kappa shape index (κ1) is 21.8. The Morgan fingerprint density at radius 2 is 1.61 bits per heavy atom. The summed E-state index contributed by atoms with van der Waals surface area (Å²) in [7, 11) is -2.40. The fourth-order valence-corrected chi connectivity index (χ4v) is 3.71. The molecule has 0 saturated heterocycles. The van der Waals surface area contributed by atoms with Gasteiger partial charge in [0.05, 0.1) is 17.7 Å². The number of sulfonamides is 1. The molecule has 3 aromatic carbocycles. The number of benzene rings is 3. The van der Waals surface area contributed by atoms with Crippen LogP contribution in [0.4, 0.5) is 10.1 Å². The summed E-state index contributed by atoms with van der Waals surface area (Å²) in [5.74, 6) is -0.358. The number of hydrogen-bond acceptors (Lipinski definition) is 5. The Morgan fingerprint density at radius 3 is 2.26 bits per heavy atom. The number of carbonyl (C=O) groups is 1. The van der Waals surface area contributed by atoms with Gasteiger partial charge in [-0.3, -0.25) is 20.4 Å². The van der Waals surface area contributed by atoms with Gasteiger partial charge in [-0.1, -0.05) is 12.6 Å². The highest BCUT2D eigenvalue weighted by atomic mass is 32.2. The second-order valence-electron chi connectivity index (χ2n) is 6.43. The van der Waals surface area contributed by atoms with Crippen LogP contribution in [0.2, 0.25) is 0 Å². The molecule has 0 unspecified atom stereocenters. The summed E-state index contributed by atoms with van der Waals surface area (Å²) in [6, 6.07) is 17.5. The van der Waals surface area contributed by atoms with E-state index in [2.05, 4.69) is 22.2 Å². The number of ether oxygens (including phenoxy) is 1. The number of methoxy groups -OCH3 is 1. The summed E-state index contributed by atoms with van der Waals surface area (Å²) >= 11 is 0. The number of hydrazine groups is 1. The summed E-state index contributed by atoms with van der Waals surface area (Å²) < 4.78 is 45.9. The van der Waals surface area contributed by atoms with Crippen molar-refractivity contribution >= 4 is 27.3 Å². The zero-order valence-corrected chi connectivity index (χ0v) is 17.4. The molecule has 0 atom stereocenters. The largest absolute Gasteiger partial charge is 0.497 e. The fourth-order valence-electron chi connectivity index (χ4n) is 2.61. The molecule has 3 aromatic rings. The van der Waals surface area contributed by atoms with Crippen molar-refractivity contribution in [3.8, 4) is 5.75 Å². The summed E-state index contributed by atoms with van der Waals surface area (Å²) in [6.07, 6.45) is 0. The van der Waals surface area contributed by atoms with E-state index >= 15 is 0 Å². The Labute approximate surface area is 179 Å². The second-order valence-corrected chi connectivity index (χ2v) is 8.11. The molecule has 0 fully saturated rings. The Kier molecular flexibility index (Phi) is 6.56. The maximum atomic E-state index is 13.0. The van der Waals surface area contributed by atoms with Crippen LogP contribution < -0.4 is 20.3 Å². The van der Waals surface area contributed by atoms with E-state index in [4.69, 9.17) is 4.74 Å². The monoisotopic (exact) mass is 441 g/mol. The van der Waals surface area contributed by atoms with Crippen LogP contribution in [0.15, 0.2) is 84.3 Å². The molecule has 0 spiro atoms. The smallest absolute Gasteiger partial charge is 0.269 e. The van der Waals surface area contributed by atoms with Gasteiger partial charge in [-0.05, 0) is 72.3 Å². The van der Waals surface area contributed by atoms with Crippen LogP contribution in [-0.4, -0.2) is 21.4 Å². The van der Waals surface area contributed by atoms with E-state index in [-0.39, 0.29) is 16.3 Å². The van der Waals surface area contributed by atoms with Crippen LogP contribution in [0.5, 0.6) is 5.75 Å². The Morgan fingerprint density at radius 1 is 0.935 bits per heavy atom. The average molecular weight is 441 g/mol. The number of rotatable bonds is 8. The normalized spacial score (nSPS) is 10.8. The van der Waals surface area contributed by atoms with Gasteiger partial charge >= 0.3 is 0 Å². The SMILES string of the molecule is C=C(NNC(=O)c1cccc(S(=O)(=O)Nc2ccc(OC)cc2)c1)c1ccc(F)cc1. The lowest BCUT2D eigenvalue weighted by Gasteiger charge is -2.12. The van der Waals surface area contributed by atoms with Crippen molar-refractivity contribution in [3.63, 3.8) is 0 Å². The average Bonchev–Trinajstić information content (AvgIpc) is 2.78. The van der Waals surface area contributed by atoms with Crippen molar-refractivity contribution in [2.75, 3.05) is 11.8 Å². The van der Waals surface area contributed by atoms with Crippen LogP contribution in [0.25, 0.3) is 5.70 Å². The van der Waals surface area contributed by atoms with E-state index in [1.165, 1.54) is 55.6 Å². The third kappa shape index (κ3) is 5.61. The number of nitrogens with one attached hydrogen (secondary N) is 3. The van der Waals surface area contributed by atoms with Crippen LogP contribution in [0.1, 0.15) is 15.9 Å². The molecule has 0 aliphatic rings. The molecule has 31 heavy (non-hydrogen) atoms. The lowest BCUT2D eigenvalue weighted by atomic mass is 10.2. The molecule has 0 bridgehead atoms. The molecule has 0 aliphatic heterocycles. The zero-order chi connectivity index (χ0) is 22.4. The Balaban J connectivity index is 1.68. The molecule has 1 amide bonds. The number of carbonyl (C=O) groups excluding carboxylic acids is 1. The highest BCUT2D eigenvalue weighted by molar-refractivity contribution is 7.92. The lowest BCUT2D eigenvalue weighted by Crippen LogP contribution is -2.35. The van der Waals surface area contributed by atoms with Crippen molar-refractivity contribution in [1.29, 1.82) is 0 Å². The minimum atomic E-state index is -3.91. The summed E-state index contributed by atoms with van der Waals surface area (Å²) in [5, 5.41) is 0. The third-order valence-corrected chi connectivity index (χ3v) is 5.65. The van der Waals surface area contributed by atoms with Crippen molar-refractivity contribution in [1.82, 2.24) is 10.9 Å². The molecule has 0 aromatic heterocycles. The van der Waals surface area contributed by atoms with Crippen LogP contribution in [0, 0.1) is 5.82 Å². The van der Waals surface area contributed by atoms with E-state index in [1.807, 2.05) is 0 Å². The maximum absolute atomic E-state index is 13.0. The van der Waals surface area contributed by atoms with Crippen molar-refractivity contribution in [2.24, 2.45) is 0 Å². The van der Waals surface area contributed by atoms with Gasteiger partial charge in [0.2, 0.25) is 0 Å². The van der Waals surface area contributed by atoms with E-state index in [0.717, 1.165) is 0 Å². The Bertz CT molecular complexity index is 1190. The predicted molar refractivity (Wildman–Crippen MR) is 116 cm³/mol. The first-order chi connectivity index (χ1) is 14.8. The Hall–Kier alpha value is -3.85. The molecular formula is C22H20FN3O4S. The number of hydrogen-bond donors (Lipinski definition) is 3. The second kappa shape index (κ2) is 9.31. The van der Waals surface area contributed by atoms with Gasteiger partial charge in [0, 0.05) is 11.3 Å². The van der Waals surface area contributed by atoms with Gasteiger partial charge in [-0.2, -0.15) is 0 Å². The third-order valence-electron chi connectivity index (χ3n) is 4.27. The summed E-state index contributed by atoms with van der Waals surface area (Å²) in [6.45, 7) is 3.77. The highest BCUT2D eigenvalue weighted by Crippen LogP contribution is 2.20. The fraction of sp³-hybridized carbons (Fsp3) is 0.0455. The minimum absolute atomic E-state index is 0.0756. The van der Waals surface area contributed by atoms with E-state index < -0.39 is 15.9 Å². The van der Waals surface area contributed by atoms with E-state index in [1.54, 1.807) is 24.3 Å². The first-order valence-electron chi connectivity index (χ1n) is 9.06. The van der Waals surface area contributed by atoms with E-state index in [0.29, 0.717) is 22.7 Å². The zero-order valence-electron chi connectivity index (χ0n) is 16.6. The van der Waals surface area contributed by atoms with E-state index in [9.17, 15) is 17.6 Å². The van der Waals surface area contributed by atoms with Gasteiger partial charge < -0.3 is 4.74 Å². The summed E-state index contributed by atoms with van der Waals surface area (Å²) in [4.78, 5) is 12.4. The van der Waals surface area contributed by atoms with Crippen molar-refractivity contribution < 1.29 is 22.3 Å². The lowest BCUT2D eigenvalue weighted by molar-refractivity contribution is 0.0942. The summed E-state index contributed by atoms with van der Waals surface area (Å²) in [5.41, 5.74) is 6.48. The molecular weight excluding hydrogens is 421 g/mol. The molecule has 0 radical (unpaired) electrons. The maximum Gasteiger partial charge on any atom is 0.269 e. The van der Waals surface area contributed by atoms with Crippen LogP contribution in [0.3, 0.4) is 0 Å². The van der Waals surface area contributed by atoms with Crippen LogP contribution >= 0.6 is 0 Å².